The summed E-state index contributed by atoms with van der Waals surface area (Å²) in [5.74, 6) is 0.247. The van der Waals surface area contributed by atoms with Gasteiger partial charge in [-0.3, -0.25) is 4.79 Å². The molecule has 1 unspecified atom stereocenters. The van der Waals surface area contributed by atoms with Crippen molar-refractivity contribution in [1.29, 1.82) is 0 Å². The van der Waals surface area contributed by atoms with Gasteiger partial charge in [-0.05, 0) is 50.3 Å². The lowest BCUT2D eigenvalue weighted by molar-refractivity contribution is 0.0908. The summed E-state index contributed by atoms with van der Waals surface area (Å²) in [4.78, 5) is 12.4. The largest absolute Gasteiger partial charge is 0.349 e. The SMILES string of the molecule is Cc1c(C(=O)NC(C)C2CCC2)cc(Br)cc1S(N)(=O)=O. The summed E-state index contributed by atoms with van der Waals surface area (Å²) in [7, 11) is -3.86. The van der Waals surface area contributed by atoms with Crippen molar-refractivity contribution in [2.24, 2.45) is 11.1 Å². The zero-order chi connectivity index (χ0) is 15.8. The highest BCUT2D eigenvalue weighted by molar-refractivity contribution is 9.10. The second kappa shape index (κ2) is 6.06. The Morgan fingerprint density at radius 3 is 2.52 bits per heavy atom. The molecule has 0 bridgehead atoms. The highest BCUT2D eigenvalue weighted by atomic mass is 79.9. The predicted molar refractivity (Wildman–Crippen MR) is 84.5 cm³/mol. The summed E-state index contributed by atoms with van der Waals surface area (Å²) >= 11 is 3.23. The molecule has 1 saturated carbocycles. The van der Waals surface area contributed by atoms with Crippen molar-refractivity contribution in [3.63, 3.8) is 0 Å². The van der Waals surface area contributed by atoms with Crippen molar-refractivity contribution in [2.45, 2.75) is 44.0 Å². The molecule has 1 atom stereocenters. The van der Waals surface area contributed by atoms with Gasteiger partial charge in [-0.2, -0.15) is 0 Å². The average Bonchev–Trinajstić information content (AvgIpc) is 2.27. The first-order chi connectivity index (χ1) is 9.70. The van der Waals surface area contributed by atoms with Crippen LogP contribution in [-0.2, 0) is 10.0 Å². The first-order valence-corrected chi connectivity index (χ1v) is 9.18. The molecule has 1 fully saturated rings. The standard InChI is InChI=1S/C14H19BrN2O3S/c1-8-12(6-11(15)7-13(8)21(16,19)20)14(18)17-9(2)10-4-3-5-10/h6-7,9-10H,3-5H2,1-2H3,(H,17,18)(H2,16,19,20). The number of carbonyl (C=O) groups excluding carboxylic acids is 1. The Morgan fingerprint density at radius 1 is 1.43 bits per heavy atom. The Balaban J connectivity index is 2.30. The molecule has 21 heavy (non-hydrogen) atoms. The van der Waals surface area contributed by atoms with Crippen LogP contribution in [0, 0.1) is 12.8 Å². The fourth-order valence-electron chi connectivity index (χ4n) is 2.53. The molecule has 1 aliphatic carbocycles. The highest BCUT2D eigenvalue weighted by Crippen LogP contribution is 2.30. The van der Waals surface area contributed by atoms with Gasteiger partial charge in [0.15, 0.2) is 0 Å². The van der Waals surface area contributed by atoms with Crippen molar-refractivity contribution >= 4 is 31.9 Å². The maximum atomic E-state index is 12.4. The lowest BCUT2D eigenvalue weighted by Gasteiger charge is -2.32. The van der Waals surface area contributed by atoms with Crippen LogP contribution in [0.4, 0.5) is 0 Å². The molecular weight excluding hydrogens is 356 g/mol. The molecule has 0 aromatic heterocycles. The van der Waals surface area contributed by atoms with Crippen molar-refractivity contribution in [1.82, 2.24) is 5.32 Å². The Labute approximate surface area is 133 Å². The normalized spacial score (nSPS) is 17.1. The second-order valence-electron chi connectivity index (χ2n) is 5.57. The number of primary sulfonamides is 1. The monoisotopic (exact) mass is 374 g/mol. The van der Waals surface area contributed by atoms with E-state index in [0.29, 0.717) is 21.5 Å². The first kappa shape index (κ1) is 16.5. The van der Waals surface area contributed by atoms with Gasteiger partial charge in [-0.1, -0.05) is 22.4 Å². The number of amides is 1. The van der Waals surface area contributed by atoms with E-state index in [0.717, 1.165) is 12.8 Å². The predicted octanol–water partition coefficient (Wildman–Crippen LogP) is 2.32. The van der Waals surface area contributed by atoms with E-state index in [1.54, 1.807) is 13.0 Å². The van der Waals surface area contributed by atoms with Gasteiger partial charge in [0, 0.05) is 16.1 Å². The molecular formula is C14H19BrN2O3S. The van der Waals surface area contributed by atoms with Crippen LogP contribution >= 0.6 is 15.9 Å². The van der Waals surface area contributed by atoms with Gasteiger partial charge in [-0.25, -0.2) is 13.6 Å². The van der Waals surface area contributed by atoms with Gasteiger partial charge in [0.2, 0.25) is 10.0 Å². The highest BCUT2D eigenvalue weighted by Gasteiger charge is 2.26. The van der Waals surface area contributed by atoms with Gasteiger partial charge in [-0.15, -0.1) is 0 Å². The van der Waals surface area contributed by atoms with Crippen LogP contribution in [-0.4, -0.2) is 20.4 Å². The average molecular weight is 375 g/mol. The van der Waals surface area contributed by atoms with Crippen LogP contribution in [0.15, 0.2) is 21.5 Å². The smallest absolute Gasteiger partial charge is 0.251 e. The molecule has 3 N–H and O–H groups in total. The number of nitrogens with two attached hydrogens (primary N) is 1. The Bertz CT molecular complexity index is 669. The molecule has 1 aromatic rings. The van der Waals surface area contributed by atoms with E-state index >= 15 is 0 Å². The van der Waals surface area contributed by atoms with E-state index in [1.807, 2.05) is 6.92 Å². The minimum Gasteiger partial charge on any atom is -0.349 e. The topological polar surface area (TPSA) is 89.3 Å². The van der Waals surface area contributed by atoms with Gasteiger partial charge in [0.1, 0.15) is 0 Å². The molecule has 0 saturated heterocycles. The number of hydrogen-bond acceptors (Lipinski definition) is 3. The lowest BCUT2D eigenvalue weighted by Crippen LogP contribution is -2.41. The quantitative estimate of drug-likeness (QED) is 0.847. The molecule has 0 aliphatic heterocycles. The van der Waals surface area contributed by atoms with E-state index in [1.165, 1.54) is 12.5 Å². The van der Waals surface area contributed by atoms with Gasteiger partial charge in [0.05, 0.1) is 4.90 Å². The molecule has 0 spiro atoms. The van der Waals surface area contributed by atoms with Gasteiger partial charge in [0.25, 0.3) is 5.91 Å². The molecule has 1 aromatic carbocycles. The minimum absolute atomic E-state index is 0.0293. The summed E-state index contributed by atoms with van der Waals surface area (Å²) in [6.45, 7) is 3.57. The van der Waals surface area contributed by atoms with E-state index < -0.39 is 10.0 Å². The molecule has 1 aliphatic rings. The first-order valence-electron chi connectivity index (χ1n) is 6.84. The number of carbonyl (C=O) groups is 1. The van der Waals surface area contributed by atoms with Crippen LogP contribution in [0.3, 0.4) is 0 Å². The van der Waals surface area contributed by atoms with Crippen molar-refractivity contribution in [2.75, 3.05) is 0 Å². The fourth-order valence-corrected chi connectivity index (χ4v) is 3.96. The summed E-state index contributed by atoms with van der Waals surface area (Å²) in [5.41, 5.74) is 0.707. The summed E-state index contributed by atoms with van der Waals surface area (Å²) in [6, 6.07) is 3.12. The van der Waals surface area contributed by atoms with Crippen LogP contribution in [0.5, 0.6) is 0 Å². The zero-order valence-corrected chi connectivity index (χ0v) is 14.4. The third-order valence-corrected chi connectivity index (χ3v) is 5.59. The summed E-state index contributed by atoms with van der Waals surface area (Å²) < 4.78 is 23.7. The van der Waals surface area contributed by atoms with E-state index in [4.69, 9.17) is 5.14 Å². The second-order valence-corrected chi connectivity index (χ2v) is 8.02. The van der Waals surface area contributed by atoms with Gasteiger partial charge < -0.3 is 5.32 Å². The third kappa shape index (κ3) is 3.64. The van der Waals surface area contributed by atoms with Crippen molar-refractivity contribution in [3.05, 3.63) is 27.7 Å². The summed E-state index contributed by atoms with van der Waals surface area (Å²) in [5, 5.41) is 8.14. The number of benzene rings is 1. The zero-order valence-electron chi connectivity index (χ0n) is 12.0. The van der Waals surface area contributed by atoms with E-state index in [9.17, 15) is 13.2 Å². The molecule has 5 nitrogen and oxygen atoms in total. The molecule has 2 rings (SSSR count). The van der Waals surface area contributed by atoms with Crippen LogP contribution in [0.25, 0.3) is 0 Å². The number of hydrogen-bond donors (Lipinski definition) is 2. The van der Waals surface area contributed by atoms with Crippen molar-refractivity contribution in [3.8, 4) is 0 Å². The summed E-state index contributed by atoms with van der Waals surface area (Å²) in [6.07, 6.45) is 3.46. The number of sulfonamides is 1. The minimum atomic E-state index is -3.86. The van der Waals surface area contributed by atoms with Gasteiger partial charge >= 0.3 is 0 Å². The molecule has 0 heterocycles. The third-order valence-electron chi connectivity index (χ3n) is 4.09. The number of rotatable bonds is 4. The van der Waals surface area contributed by atoms with Crippen LogP contribution < -0.4 is 10.5 Å². The Kier molecular flexibility index (Phi) is 4.75. The molecule has 7 heteroatoms. The Hall–Kier alpha value is -0.920. The van der Waals surface area contributed by atoms with Crippen LogP contribution in [0.2, 0.25) is 0 Å². The van der Waals surface area contributed by atoms with E-state index in [-0.39, 0.29) is 16.8 Å². The molecule has 1 amide bonds. The number of nitrogens with one attached hydrogen (secondary N) is 1. The van der Waals surface area contributed by atoms with Crippen LogP contribution in [0.1, 0.15) is 42.1 Å². The molecule has 0 radical (unpaired) electrons. The Morgan fingerprint density at radius 2 is 2.05 bits per heavy atom. The fraction of sp³-hybridized carbons (Fsp3) is 0.500. The maximum Gasteiger partial charge on any atom is 0.251 e. The number of halogens is 1. The van der Waals surface area contributed by atoms with E-state index in [2.05, 4.69) is 21.2 Å². The maximum absolute atomic E-state index is 12.4. The lowest BCUT2D eigenvalue weighted by atomic mass is 9.80. The van der Waals surface area contributed by atoms with Crippen molar-refractivity contribution < 1.29 is 13.2 Å². The molecule has 116 valence electrons.